The van der Waals surface area contributed by atoms with Crippen molar-refractivity contribution in [3.05, 3.63) is 29.3 Å². The molecule has 0 radical (unpaired) electrons. The van der Waals surface area contributed by atoms with Crippen LogP contribution in [0.1, 0.15) is 55.5 Å². The van der Waals surface area contributed by atoms with Crippen molar-refractivity contribution in [3.63, 3.8) is 0 Å². The predicted octanol–water partition coefficient (Wildman–Crippen LogP) is 3.74. The van der Waals surface area contributed by atoms with E-state index in [1.54, 1.807) is 0 Å². The minimum Gasteiger partial charge on any atom is -0.385 e. The van der Waals surface area contributed by atoms with Gasteiger partial charge in [-0.05, 0) is 63.1 Å². The Kier molecular flexibility index (Phi) is 5.05. The molecule has 3 nitrogen and oxygen atoms in total. The highest BCUT2D eigenvalue weighted by atomic mass is 16.1. The second-order valence-electron chi connectivity index (χ2n) is 6.01. The van der Waals surface area contributed by atoms with Gasteiger partial charge in [-0.15, -0.1) is 0 Å². The zero-order valence-electron chi connectivity index (χ0n) is 12.8. The lowest BCUT2D eigenvalue weighted by atomic mass is 9.87. The standard InChI is InChI=1S/C17H26N2O/c1-4-18-16-11-13(3)7-10-15(16)17(20)19-14-8-5-12(2)6-9-14/h7,10-12,14,18H,4-6,8-9H2,1-3H3,(H,19,20). The number of carbonyl (C=O) groups excluding carboxylic acids is 1. The molecule has 1 aliphatic carbocycles. The van der Waals surface area contributed by atoms with Crippen LogP contribution >= 0.6 is 0 Å². The summed E-state index contributed by atoms with van der Waals surface area (Å²) >= 11 is 0. The zero-order chi connectivity index (χ0) is 14.5. The summed E-state index contributed by atoms with van der Waals surface area (Å²) in [6.45, 7) is 7.21. The number of hydrogen-bond acceptors (Lipinski definition) is 2. The molecule has 0 saturated heterocycles. The SMILES string of the molecule is CCNc1cc(C)ccc1C(=O)NC1CCC(C)CC1. The van der Waals surface area contributed by atoms with E-state index in [9.17, 15) is 4.79 Å². The van der Waals surface area contributed by atoms with Crippen LogP contribution in [-0.2, 0) is 0 Å². The van der Waals surface area contributed by atoms with E-state index in [1.807, 2.05) is 32.0 Å². The molecule has 0 atom stereocenters. The number of benzene rings is 1. The van der Waals surface area contributed by atoms with E-state index in [-0.39, 0.29) is 5.91 Å². The Morgan fingerprint density at radius 3 is 2.60 bits per heavy atom. The molecule has 1 fully saturated rings. The van der Waals surface area contributed by atoms with Gasteiger partial charge in [0, 0.05) is 18.3 Å². The zero-order valence-corrected chi connectivity index (χ0v) is 12.8. The van der Waals surface area contributed by atoms with Crippen molar-refractivity contribution >= 4 is 11.6 Å². The Labute approximate surface area is 122 Å². The molecule has 0 aliphatic heterocycles. The fraction of sp³-hybridized carbons (Fsp3) is 0.588. The summed E-state index contributed by atoms with van der Waals surface area (Å²) in [6.07, 6.45) is 4.66. The molecule has 2 rings (SSSR count). The third kappa shape index (κ3) is 3.75. The van der Waals surface area contributed by atoms with Crippen LogP contribution in [0.2, 0.25) is 0 Å². The molecule has 1 aromatic rings. The Hall–Kier alpha value is -1.51. The monoisotopic (exact) mass is 274 g/mol. The molecule has 1 saturated carbocycles. The Balaban J connectivity index is 2.05. The lowest BCUT2D eigenvalue weighted by Crippen LogP contribution is -2.37. The molecule has 0 spiro atoms. The topological polar surface area (TPSA) is 41.1 Å². The Morgan fingerprint density at radius 2 is 1.95 bits per heavy atom. The molecule has 110 valence electrons. The van der Waals surface area contributed by atoms with E-state index in [1.165, 1.54) is 18.4 Å². The van der Waals surface area contributed by atoms with Gasteiger partial charge in [0.2, 0.25) is 0 Å². The van der Waals surface area contributed by atoms with E-state index >= 15 is 0 Å². The van der Waals surface area contributed by atoms with Crippen LogP contribution < -0.4 is 10.6 Å². The molecule has 0 heterocycles. The highest BCUT2D eigenvalue weighted by Crippen LogP contribution is 2.24. The Bertz CT molecular complexity index is 462. The van der Waals surface area contributed by atoms with Gasteiger partial charge in [-0.25, -0.2) is 0 Å². The number of aryl methyl sites for hydroxylation is 1. The van der Waals surface area contributed by atoms with E-state index in [0.29, 0.717) is 6.04 Å². The molecule has 0 unspecified atom stereocenters. The minimum absolute atomic E-state index is 0.0560. The van der Waals surface area contributed by atoms with Crippen LogP contribution in [0.3, 0.4) is 0 Å². The van der Waals surface area contributed by atoms with Crippen molar-refractivity contribution in [2.24, 2.45) is 5.92 Å². The normalized spacial score (nSPS) is 22.4. The number of carbonyl (C=O) groups is 1. The van der Waals surface area contributed by atoms with Crippen molar-refractivity contribution in [2.45, 2.75) is 52.5 Å². The molecular weight excluding hydrogens is 248 g/mol. The van der Waals surface area contributed by atoms with Gasteiger partial charge in [0.15, 0.2) is 0 Å². The highest BCUT2D eigenvalue weighted by molar-refractivity contribution is 5.99. The molecule has 1 amide bonds. The number of amides is 1. The number of hydrogen-bond donors (Lipinski definition) is 2. The first-order chi connectivity index (χ1) is 9.60. The second-order valence-corrected chi connectivity index (χ2v) is 6.01. The van der Waals surface area contributed by atoms with Crippen LogP contribution in [0, 0.1) is 12.8 Å². The van der Waals surface area contributed by atoms with E-state index < -0.39 is 0 Å². The molecule has 20 heavy (non-hydrogen) atoms. The number of nitrogens with one attached hydrogen (secondary N) is 2. The minimum atomic E-state index is 0.0560. The van der Waals surface area contributed by atoms with Gasteiger partial charge >= 0.3 is 0 Å². The number of anilines is 1. The van der Waals surface area contributed by atoms with Crippen molar-refractivity contribution < 1.29 is 4.79 Å². The highest BCUT2D eigenvalue weighted by Gasteiger charge is 2.21. The maximum atomic E-state index is 12.5. The third-order valence-corrected chi connectivity index (χ3v) is 4.14. The first kappa shape index (κ1) is 14.9. The van der Waals surface area contributed by atoms with Crippen LogP contribution in [0.25, 0.3) is 0 Å². The van der Waals surface area contributed by atoms with E-state index in [0.717, 1.165) is 36.6 Å². The summed E-state index contributed by atoms with van der Waals surface area (Å²) in [5, 5.41) is 6.48. The van der Waals surface area contributed by atoms with Gasteiger partial charge in [0.25, 0.3) is 5.91 Å². The first-order valence-electron chi connectivity index (χ1n) is 7.75. The van der Waals surface area contributed by atoms with Gasteiger partial charge in [-0.2, -0.15) is 0 Å². The fourth-order valence-electron chi connectivity index (χ4n) is 2.86. The molecular formula is C17H26N2O. The predicted molar refractivity (Wildman–Crippen MR) is 84.2 cm³/mol. The number of rotatable bonds is 4. The van der Waals surface area contributed by atoms with Gasteiger partial charge < -0.3 is 10.6 Å². The molecule has 3 heteroatoms. The quantitative estimate of drug-likeness (QED) is 0.878. The van der Waals surface area contributed by atoms with E-state index in [2.05, 4.69) is 17.6 Å². The van der Waals surface area contributed by atoms with Crippen molar-refractivity contribution in [1.82, 2.24) is 5.32 Å². The fourth-order valence-corrected chi connectivity index (χ4v) is 2.86. The molecule has 2 N–H and O–H groups in total. The van der Waals surface area contributed by atoms with Gasteiger partial charge in [-0.1, -0.05) is 13.0 Å². The third-order valence-electron chi connectivity index (χ3n) is 4.14. The average Bonchev–Trinajstić information content (AvgIpc) is 2.42. The van der Waals surface area contributed by atoms with Crippen molar-refractivity contribution in [3.8, 4) is 0 Å². The summed E-state index contributed by atoms with van der Waals surface area (Å²) in [4.78, 5) is 12.5. The summed E-state index contributed by atoms with van der Waals surface area (Å²) in [5.74, 6) is 0.861. The maximum Gasteiger partial charge on any atom is 0.253 e. The lowest BCUT2D eigenvalue weighted by molar-refractivity contribution is 0.0924. The summed E-state index contributed by atoms with van der Waals surface area (Å²) in [7, 11) is 0. The maximum absolute atomic E-state index is 12.5. The van der Waals surface area contributed by atoms with Crippen LogP contribution in [0.4, 0.5) is 5.69 Å². The van der Waals surface area contributed by atoms with Gasteiger partial charge in [0.1, 0.15) is 0 Å². The van der Waals surface area contributed by atoms with Gasteiger partial charge in [0.05, 0.1) is 5.56 Å². The van der Waals surface area contributed by atoms with Gasteiger partial charge in [-0.3, -0.25) is 4.79 Å². The molecule has 1 aliphatic rings. The smallest absolute Gasteiger partial charge is 0.253 e. The summed E-state index contributed by atoms with van der Waals surface area (Å²) in [6, 6.07) is 6.31. The van der Waals surface area contributed by atoms with E-state index in [4.69, 9.17) is 0 Å². The van der Waals surface area contributed by atoms with Crippen LogP contribution in [0.5, 0.6) is 0 Å². The molecule has 0 aromatic heterocycles. The van der Waals surface area contributed by atoms with Crippen LogP contribution in [-0.4, -0.2) is 18.5 Å². The second kappa shape index (κ2) is 6.78. The molecule has 1 aromatic carbocycles. The molecule has 0 bridgehead atoms. The van der Waals surface area contributed by atoms with Crippen LogP contribution in [0.15, 0.2) is 18.2 Å². The summed E-state index contributed by atoms with van der Waals surface area (Å²) in [5.41, 5.74) is 2.87. The average molecular weight is 274 g/mol. The first-order valence-corrected chi connectivity index (χ1v) is 7.75. The lowest BCUT2D eigenvalue weighted by Gasteiger charge is -2.27. The largest absolute Gasteiger partial charge is 0.385 e. The Morgan fingerprint density at radius 1 is 1.25 bits per heavy atom. The van der Waals surface area contributed by atoms with Crippen molar-refractivity contribution in [1.29, 1.82) is 0 Å². The van der Waals surface area contributed by atoms with Crippen molar-refractivity contribution in [2.75, 3.05) is 11.9 Å². The summed E-state index contributed by atoms with van der Waals surface area (Å²) < 4.78 is 0.